The highest BCUT2D eigenvalue weighted by molar-refractivity contribution is 6.31. The zero-order valence-corrected chi connectivity index (χ0v) is 15.4. The molecule has 26 heavy (non-hydrogen) atoms. The number of hydrogen-bond acceptors (Lipinski definition) is 2. The second-order valence-electron chi connectivity index (χ2n) is 6.78. The summed E-state index contributed by atoms with van der Waals surface area (Å²) in [5, 5.41) is 6.18. The lowest BCUT2D eigenvalue weighted by Gasteiger charge is -2.22. The molecule has 1 aliphatic heterocycles. The minimum Gasteiger partial charge on any atom is -0.352 e. The summed E-state index contributed by atoms with van der Waals surface area (Å²) < 4.78 is 13.6. The minimum atomic E-state index is -0.772. The average molecular weight is 375 g/mol. The lowest BCUT2D eigenvalue weighted by Crippen LogP contribution is -2.33. The van der Waals surface area contributed by atoms with Gasteiger partial charge in [-0.25, -0.2) is 4.39 Å². The van der Waals surface area contributed by atoms with E-state index in [1.807, 2.05) is 13.0 Å². The summed E-state index contributed by atoms with van der Waals surface area (Å²) in [6.45, 7) is 3.77. The Morgan fingerprint density at radius 3 is 2.85 bits per heavy atom. The monoisotopic (exact) mass is 374 g/mol. The van der Waals surface area contributed by atoms with E-state index in [0.29, 0.717) is 22.7 Å². The van der Waals surface area contributed by atoms with Gasteiger partial charge in [0.15, 0.2) is 0 Å². The highest BCUT2D eigenvalue weighted by atomic mass is 35.5. The Balaban J connectivity index is 1.63. The summed E-state index contributed by atoms with van der Waals surface area (Å²) in [6, 6.07) is 10.1. The van der Waals surface area contributed by atoms with Crippen molar-refractivity contribution >= 4 is 29.1 Å². The van der Waals surface area contributed by atoms with Crippen molar-refractivity contribution in [1.82, 2.24) is 5.32 Å². The van der Waals surface area contributed by atoms with E-state index in [1.54, 1.807) is 31.2 Å². The molecule has 2 amide bonds. The second kappa shape index (κ2) is 7.08. The molecule has 136 valence electrons. The molecule has 0 bridgehead atoms. The van der Waals surface area contributed by atoms with Crippen molar-refractivity contribution in [1.29, 1.82) is 0 Å². The zero-order chi connectivity index (χ0) is 18.9. The molecule has 0 radical (unpaired) electrons. The average Bonchev–Trinajstić information content (AvgIpc) is 2.84. The van der Waals surface area contributed by atoms with Gasteiger partial charge >= 0.3 is 0 Å². The van der Waals surface area contributed by atoms with Crippen LogP contribution in [0.15, 0.2) is 36.4 Å². The van der Waals surface area contributed by atoms with E-state index in [0.717, 1.165) is 11.1 Å². The first-order valence-electron chi connectivity index (χ1n) is 8.43. The molecular formula is C20H20ClFN2O2. The normalized spacial score (nSPS) is 18.4. The maximum absolute atomic E-state index is 13.6. The van der Waals surface area contributed by atoms with Crippen LogP contribution in [-0.2, 0) is 21.5 Å². The minimum absolute atomic E-state index is 0.136. The van der Waals surface area contributed by atoms with Gasteiger partial charge in [-0.1, -0.05) is 29.8 Å². The molecule has 1 aliphatic rings. The largest absolute Gasteiger partial charge is 0.352 e. The first kappa shape index (κ1) is 18.4. The molecule has 2 aromatic rings. The number of anilines is 1. The first-order valence-corrected chi connectivity index (χ1v) is 8.81. The fraction of sp³-hybridized carbons (Fsp3) is 0.300. The molecule has 2 aromatic carbocycles. The van der Waals surface area contributed by atoms with Crippen LogP contribution in [-0.4, -0.2) is 11.8 Å². The van der Waals surface area contributed by atoms with Gasteiger partial charge in [-0.15, -0.1) is 0 Å². The van der Waals surface area contributed by atoms with Crippen molar-refractivity contribution in [3.8, 4) is 0 Å². The topological polar surface area (TPSA) is 58.2 Å². The van der Waals surface area contributed by atoms with Gasteiger partial charge in [-0.3, -0.25) is 9.59 Å². The summed E-state index contributed by atoms with van der Waals surface area (Å²) in [5.41, 5.74) is 2.04. The number of carbonyl (C=O) groups excluding carboxylic acids is 2. The molecular weight excluding hydrogens is 355 g/mol. The predicted octanol–water partition coefficient (Wildman–Crippen LogP) is 4.09. The highest BCUT2D eigenvalue weighted by Gasteiger charge is 2.42. The quantitative estimate of drug-likeness (QED) is 0.828. The van der Waals surface area contributed by atoms with E-state index in [9.17, 15) is 14.0 Å². The molecule has 3 rings (SSSR count). The molecule has 2 N–H and O–H groups in total. The number of rotatable bonds is 5. The van der Waals surface area contributed by atoms with Crippen molar-refractivity contribution in [3.63, 3.8) is 0 Å². The maximum Gasteiger partial charge on any atom is 0.234 e. The Labute approximate surface area is 156 Å². The second-order valence-corrected chi connectivity index (χ2v) is 7.21. The standard InChI is InChI=1S/C20H20ClFN2O2/c1-12-13(4-3-5-16(12)22)11-23-18(25)8-9-20(2)15-7-6-14(21)10-17(15)24-19(20)26/h3-7,10H,8-9,11H2,1-2H3,(H,23,25)(H,24,26)/t20-/m1/s1. The molecule has 0 saturated heterocycles. The Morgan fingerprint density at radius 1 is 1.31 bits per heavy atom. The fourth-order valence-corrected chi connectivity index (χ4v) is 3.39. The van der Waals surface area contributed by atoms with Gasteiger partial charge in [0.05, 0.1) is 5.41 Å². The summed E-state index contributed by atoms with van der Waals surface area (Å²) in [4.78, 5) is 24.6. The van der Waals surface area contributed by atoms with E-state index in [1.165, 1.54) is 6.07 Å². The summed E-state index contributed by atoms with van der Waals surface area (Å²) in [5.74, 6) is -0.601. The van der Waals surface area contributed by atoms with Crippen LogP contribution in [0, 0.1) is 12.7 Å². The molecule has 0 spiro atoms. The van der Waals surface area contributed by atoms with Crippen molar-refractivity contribution in [2.75, 3.05) is 5.32 Å². The van der Waals surface area contributed by atoms with Gasteiger partial charge in [0.25, 0.3) is 0 Å². The van der Waals surface area contributed by atoms with E-state index < -0.39 is 5.41 Å². The van der Waals surface area contributed by atoms with Crippen LogP contribution in [0.2, 0.25) is 5.02 Å². The van der Waals surface area contributed by atoms with E-state index in [4.69, 9.17) is 11.6 Å². The fourth-order valence-electron chi connectivity index (χ4n) is 3.22. The molecule has 0 aliphatic carbocycles. The van der Waals surface area contributed by atoms with Gasteiger partial charge in [-0.05, 0) is 55.2 Å². The Kier molecular flexibility index (Phi) is 5.01. The third-order valence-corrected chi connectivity index (χ3v) is 5.27. The van der Waals surface area contributed by atoms with Gasteiger partial charge < -0.3 is 10.6 Å². The van der Waals surface area contributed by atoms with Gasteiger partial charge in [-0.2, -0.15) is 0 Å². The van der Waals surface area contributed by atoms with Crippen molar-refractivity contribution < 1.29 is 14.0 Å². The highest BCUT2D eigenvalue weighted by Crippen LogP contribution is 2.41. The Bertz CT molecular complexity index is 884. The van der Waals surface area contributed by atoms with Crippen LogP contribution >= 0.6 is 11.6 Å². The Hall–Kier alpha value is -2.40. The van der Waals surface area contributed by atoms with Crippen LogP contribution in [0.1, 0.15) is 36.5 Å². The van der Waals surface area contributed by atoms with E-state index >= 15 is 0 Å². The number of halogens is 2. The zero-order valence-electron chi connectivity index (χ0n) is 14.7. The van der Waals surface area contributed by atoms with Crippen LogP contribution in [0.25, 0.3) is 0 Å². The molecule has 0 aromatic heterocycles. The number of benzene rings is 2. The maximum atomic E-state index is 13.6. The van der Waals surface area contributed by atoms with Gasteiger partial charge in [0.2, 0.25) is 11.8 Å². The van der Waals surface area contributed by atoms with Gasteiger partial charge in [0.1, 0.15) is 5.82 Å². The molecule has 0 fully saturated rings. The summed E-state index contributed by atoms with van der Waals surface area (Å²) >= 11 is 5.97. The van der Waals surface area contributed by atoms with Crippen molar-refractivity contribution in [2.24, 2.45) is 0 Å². The number of amides is 2. The van der Waals surface area contributed by atoms with Crippen LogP contribution < -0.4 is 10.6 Å². The predicted molar refractivity (Wildman–Crippen MR) is 99.7 cm³/mol. The van der Waals surface area contributed by atoms with Crippen molar-refractivity contribution in [3.05, 3.63) is 63.9 Å². The number of hydrogen-bond donors (Lipinski definition) is 2. The molecule has 6 heteroatoms. The molecule has 4 nitrogen and oxygen atoms in total. The number of carbonyl (C=O) groups is 2. The van der Waals surface area contributed by atoms with Gasteiger partial charge in [0, 0.05) is 23.7 Å². The van der Waals surface area contributed by atoms with Crippen LogP contribution in [0.4, 0.5) is 10.1 Å². The molecule has 0 saturated carbocycles. The SMILES string of the molecule is Cc1c(F)cccc1CNC(=O)CC[C@@]1(C)C(=O)Nc2cc(Cl)ccc21. The van der Waals surface area contributed by atoms with E-state index in [-0.39, 0.29) is 30.6 Å². The van der Waals surface area contributed by atoms with Crippen molar-refractivity contribution in [2.45, 2.75) is 38.6 Å². The van der Waals surface area contributed by atoms with Crippen LogP contribution in [0.3, 0.4) is 0 Å². The Morgan fingerprint density at radius 2 is 2.08 bits per heavy atom. The third kappa shape index (κ3) is 3.44. The first-order chi connectivity index (χ1) is 12.3. The lowest BCUT2D eigenvalue weighted by molar-refractivity contribution is -0.123. The summed E-state index contributed by atoms with van der Waals surface area (Å²) in [6.07, 6.45) is 0.571. The number of nitrogens with one attached hydrogen (secondary N) is 2. The lowest BCUT2D eigenvalue weighted by atomic mass is 9.79. The summed E-state index contributed by atoms with van der Waals surface area (Å²) in [7, 11) is 0. The smallest absolute Gasteiger partial charge is 0.234 e. The molecule has 0 unspecified atom stereocenters. The third-order valence-electron chi connectivity index (χ3n) is 5.03. The van der Waals surface area contributed by atoms with Crippen LogP contribution in [0.5, 0.6) is 0 Å². The number of fused-ring (bicyclic) bond motifs is 1. The van der Waals surface area contributed by atoms with E-state index in [2.05, 4.69) is 10.6 Å². The molecule has 1 heterocycles. The molecule has 1 atom stereocenters.